The van der Waals surface area contributed by atoms with Crippen molar-refractivity contribution in [3.05, 3.63) is 131 Å². The zero-order valence-corrected chi connectivity index (χ0v) is 33.5. The number of carbonyl (C=O) groups is 2. The summed E-state index contributed by atoms with van der Waals surface area (Å²) in [5.74, 6) is -1.79. The SMILES string of the molecule is COC(=O)c1ccc(CBr)c(F)c1.COC(=O)c1ccc(CN(c2ccccc2)S(=O)(=O)CCCCl)c(F)c1.O=S(=O)(CCCCl)Nc1ccccc1. The third-order valence-electron chi connectivity index (χ3n) is 6.92. The number of alkyl halides is 3. The van der Waals surface area contributed by atoms with Gasteiger partial charge in [0.1, 0.15) is 11.6 Å². The van der Waals surface area contributed by atoms with Crippen LogP contribution in [0.3, 0.4) is 0 Å². The van der Waals surface area contributed by atoms with Gasteiger partial charge in [-0.3, -0.25) is 9.03 Å². The number of para-hydroxylation sites is 2. The van der Waals surface area contributed by atoms with Crippen LogP contribution in [0.5, 0.6) is 0 Å². The highest BCUT2D eigenvalue weighted by Crippen LogP contribution is 2.24. The minimum absolute atomic E-state index is 0.0602. The Morgan fingerprint density at radius 2 is 1.19 bits per heavy atom. The molecule has 0 aromatic heterocycles. The van der Waals surface area contributed by atoms with Crippen LogP contribution < -0.4 is 9.03 Å². The number of sulfonamides is 2. The molecule has 4 aromatic carbocycles. The van der Waals surface area contributed by atoms with Crippen LogP contribution in [0.4, 0.5) is 20.2 Å². The second-order valence-electron chi connectivity index (χ2n) is 10.8. The first-order valence-corrected chi connectivity index (χ1v) is 21.2. The van der Waals surface area contributed by atoms with E-state index in [4.69, 9.17) is 23.2 Å². The molecule has 288 valence electrons. The summed E-state index contributed by atoms with van der Waals surface area (Å²) in [5.41, 5.74) is 1.97. The van der Waals surface area contributed by atoms with E-state index >= 15 is 0 Å². The maximum atomic E-state index is 14.4. The van der Waals surface area contributed by atoms with Gasteiger partial charge >= 0.3 is 11.9 Å². The summed E-state index contributed by atoms with van der Waals surface area (Å²) in [7, 11) is -4.46. The maximum absolute atomic E-state index is 14.4. The molecule has 0 heterocycles. The zero-order chi connectivity index (χ0) is 39.4. The molecule has 0 saturated carbocycles. The molecule has 0 bridgehead atoms. The molecule has 0 aliphatic carbocycles. The van der Waals surface area contributed by atoms with Crippen molar-refractivity contribution in [2.45, 2.75) is 24.7 Å². The van der Waals surface area contributed by atoms with Gasteiger partial charge in [-0.15, -0.1) is 23.2 Å². The highest BCUT2D eigenvalue weighted by molar-refractivity contribution is 9.08. The second-order valence-corrected chi connectivity index (χ2v) is 15.9. The van der Waals surface area contributed by atoms with Crippen LogP contribution in [0, 0.1) is 11.6 Å². The van der Waals surface area contributed by atoms with Crippen LogP contribution in [0.15, 0.2) is 97.1 Å². The summed E-state index contributed by atoms with van der Waals surface area (Å²) in [6.45, 7) is -0.193. The lowest BCUT2D eigenvalue weighted by atomic mass is 10.1. The predicted molar refractivity (Wildman–Crippen MR) is 209 cm³/mol. The van der Waals surface area contributed by atoms with Gasteiger partial charge in [0.15, 0.2) is 0 Å². The quantitative estimate of drug-likeness (QED) is 0.0935. The predicted octanol–water partition coefficient (Wildman–Crippen LogP) is 8.14. The van der Waals surface area contributed by atoms with Crippen molar-refractivity contribution in [2.75, 3.05) is 46.5 Å². The topological polar surface area (TPSA) is 136 Å². The number of methoxy groups -OCH3 is 2. The van der Waals surface area contributed by atoms with Gasteiger partial charge in [-0.05, 0) is 66.9 Å². The number of anilines is 2. The molecule has 0 fully saturated rings. The molecule has 4 aromatic rings. The van der Waals surface area contributed by atoms with Gasteiger partial charge < -0.3 is 9.47 Å². The van der Waals surface area contributed by atoms with Gasteiger partial charge in [0.25, 0.3) is 0 Å². The monoisotopic (exact) mass is 878 g/mol. The summed E-state index contributed by atoms with van der Waals surface area (Å²) in [5, 5.41) is 0.431. The highest BCUT2D eigenvalue weighted by atomic mass is 79.9. The molecule has 10 nitrogen and oxygen atoms in total. The molecule has 0 spiro atoms. The maximum Gasteiger partial charge on any atom is 0.337 e. The van der Waals surface area contributed by atoms with Gasteiger partial charge in [0.2, 0.25) is 20.0 Å². The second kappa shape index (κ2) is 23.1. The van der Waals surface area contributed by atoms with E-state index in [9.17, 15) is 35.2 Å². The third-order valence-corrected chi connectivity index (χ3v) is 11.2. The molecule has 0 atom stereocenters. The number of hydrogen-bond acceptors (Lipinski definition) is 8. The normalized spacial score (nSPS) is 10.8. The van der Waals surface area contributed by atoms with Crippen molar-refractivity contribution in [1.29, 1.82) is 0 Å². The molecule has 17 heteroatoms. The highest BCUT2D eigenvalue weighted by Gasteiger charge is 2.24. The smallest absolute Gasteiger partial charge is 0.337 e. The molecule has 0 aliphatic heterocycles. The van der Waals surface area contributed by atoms with E-state index in [1.54, 1.807) is 60.7 Å². The number of esters is 2. The summed E-state index contributed by atoms with van der Waals surface area (Å²) in [6, 6.07) is 25.3. The van der Waals surface area contributed by atoms with Crippen molar-refractivity contribution in [2.24, 2.45) is 0 Å². The Morgan fingerprint density at radius 3 is 1.64 bits per heavy atom. The van der Waals surface area contributed by atoms with Crippen LogP contribution in [-0.2, 0) is 41.4 Å². The molecule has 0 aliphatic rings. The van der Waals surface area contributed by atoms with Crippen molar-refractivity contribution in [1.82, 2.24) is 0 Å². The summed E-state index contributed by atoms with van der Waals surface area (Å²) >= 11 is 14.2. The van der Waals surface area contributed by atoms with Crippen LogP contribution in [0.1, 0.15) is 44.7 Å². The zero-order valence-electron chi connectivity index (χ0n) is 28.8. The van der Waals surface area contributed by atoms with Crippen LogP contribution in [0.25, 0.3) is 0 Å². The first kappa shape index (κ1) is 45.4. The Balaban J connectivity index is 0.000000303. The van der Waals surface area contributed by atoms with E-state index in [-0.39, 0.29) is 47.0 Å². The van der Waals surface area contributed by atoms with E-state index in [0.29, 0.717) is 34.6 Å². The van der Waals surface area contributed by atoms with E-state index in [1.165, 1.54) is 38.5 Å². The molecule has 0 amide bonds. The van der Waals surface area contributed by atoms with Crippen molar-refractivity contribution in [3.8, 4) is 0 Å². The van der Waals surface area contributed by atoms with Crippen LogP contribution in [-0.4, -0.2) is 66.3 Å². The fourth-order valence-electron chi connectivity index (χ4n) is 4.25. The van der Waals surface area contributed by atoms with Gasteiger partial charge in [-0.25, -0.2) is 35.2 Å². The fourth-order valence-corrected chi connectivity index (χ4v) is 7.92. The summed E-state index contributed by atoms with van der Waals surface area (Å²) in [4.78, 5) is 22.5. The lowest BCUT2D eigenvalue weighted by Crippen LogP contribution is -2.33. The van der Waals surface area contributed by atoms with E-state index in [0.717, 1.165) is 10.4 Å². The van der Waals surface area contributed by atoms with E-state index < -0.39 is 43.6 Å². The third kappa shape index (κ3) is 15.6. The van der Waals surface area contributed by atoms with Gasteiger partial charge in [0.05, 0.1) is 49.1 Å². The van der Waals surface area contributed by atoms with Gasteiger partial charge in [0, 0.05) is 28.3 Å². The molecule has 0 radical (unpaired) electrons. The first-order chi connectivity index (χ1) is 25.2. The molecule has 53 heavy (non-hydrogen) atoms. The molecule has 0 saturated heterocycles. The lowest BCUT2D eigenvalue weighted by molar-refractivity contribution is 0.0591. The number of halogens is 5. The Hall–Kier alpha value is -3.76. The van der Waals surface area contributed by atoms with E-state index in [2.05, 4.69) is 30.1 Å². The fraction of sp³-hybridized carbons (Fsp3) is 0.278. The standard InChI is InChI=1S/C18H19ClFNO4S.C9H8BrFO2.C9H12ClNO2S/c1-25-18(22)14-8-9-15(17(20)12-14)13-21(16-6-3-2-4-7-16)26(23,24)11-5-10-19;1-13-9(12)6-2-3-7(5-10)8(11)4-6;10-7-4-8-14(12,13)11-9-5-2-1-3-6-9/h2-4,6-9,12H,5,10-11,13H2,1H3;2-4H,5H2,1H3;1-3,5-6,11H,4,7-8H2. The number of nitrogens with zero attached hydrogens (tertiary/aromatic N) is 1. The Kier molecular flexibility index (Phi) is 19.8. The number of rotatable bonds is 15. The van der Waals surface area contributed by atoms with Gasteiger partial charge in [-0.2, -0.15) is 0 Å². The van der Waals surface area contributed by atoms with Crippen LogP contribution in [0.2, 0.25) is 0 Å². The average molecular weight is 881 g/mol. The molecule has 1 N–H and O–H groups in total. The number of nitrogens with one attached hydrogen (secondary N) is 1. The number of hydrogen-bond donors (Lipinski definition) is 1. The Morgan fingerprint density at radius 1 is 0.717 bits per heavy atom. The molecular weight excluding hydrogens is 841 g/mol. The minimum Gasteiger partial charge on any atom is -0.465 e. The first-order valence-electron chi connectivity index (χ1n) is 15.7. The van der Waals surface area contributed by atoms with E-state index in [1.807, 2.05) is 6.07 Å². The number of ether oxygens (including phenoxy) is 2. The van der Waals surface area contributed by atoms with Crippen molar-refractivity contribution >= 4 is 82.5 Å². The van der Waals surface area contributed by atoms with Crippen molar-refractivity contribution < 1.29 is 44.7 Å². The van der Waals surface area contributed by atoms with Gasteiger partial charge in [-0.1, -0.05) is 64.5 Å². The minimum atomic E-state index is -3.69. The summed E-state index contributed by atoms with van der Waals surface area (Å²) < 4.78 is 88.3. The molecular formula is C36H39BrCl2F2N2O8S2. The summed E-state index contributed by atoms with van der Waals surface area (Å²) in [6.07, 6.45) is 0.751. The number of benzene rings is 4. The van der Waals surface area contributed by atoms with Crippen molar-refractivity contribution in [3.63, 3.8) is 0 Å². The Labute approximate surface area is 327 Å². The molecule has 4 rings (SSSR count). The lowest BCUT2D eigenvalue weighted by Gasteiger charge is -2.25. The van der Waals surface area contributed by atoms with Crippen LogP contribution >= 0.6 is 39.1 Å². The Bertz CT molecular complexity index is 1980. The molecule has 0 unspecified atom stereocenters. The number of carbonyl (C=O) groups excluding carboxylic acids is 2. The average Bonchev–Trinajstić information content (AvgIpc) is 3.16. The largest absolute Gasteiger partial charge is 0.465 e.